The normalized spacial score (nSPS) is 10.5. The van der Waals surface area contributed by atoms with Gasteiger partial charge in [0.15, 0.2) is 0 Å². The summed E-state index contributed by atoms with van der Waals surface area (Å²) >= 11 is 5.98. The molecule has 0 saturated carbocycles. The van der Waals surface area contributed by atoms with Crippen molar-refractivity contribution in [3.05, 3.63) is 28.8 Å². The van der Waals surface area contributed by atoms with Gasteiger partial charge in [0.25, 0.3) is 5.91 Å². The number of unbranched alkanes of at least 4 members (excludes halogenated alkanes) is 1. The second-order valence-electron chi connectivity index (χ2n) is 4.28. The Hall–Kier alpha value is -1.30. The van der Waals surface area contributed by atoms with E-state index in [1.54, 1.807) is 25.3 Å². The van der Waals surface area contributed by atoms with Gasteiger partial charge in [0.2, 0.25) is 0 Å². The number of nitrogen functional groups attached to an aromatic ring is 1. The molecular weight excluding hydrogens is 280 g/mol. The zero-order valence-corrected chi connectivity index (χ0v) is 12.4. The van der Waals surface area contributed by atoms with Crippen LogP contribution in [0.2, 0.25) is 5.02 Å². The number of hydrogen-bond acceptors (Lipinski definition) is 4. The largest absolute Gasteiger partial charge is 0.398 e. The van der Waals surface area contributed by atoms with Crippen molar-refractivity contribution in [2.24, 2.45) is 0 Å². The molecule has 0 atom stereocenters. The molecule has 0 heterocycles. The van der Waals surface area contributed by atoms with Gasteiger partial charge in [-0.2, -0.15) is 0 Å². The number of ether oxygens (including phenoxy) is 2. The summed E-state index contributed by atoms with van der Waals surface area (Å²) in [6.07, 6.45) is 1.73. The molecule has 0 radical (unpaired) electrons. The maximum absolute atomic E-state index is 11.9. The lowest BCUT2D eigenvalue weighted by molar-refractivity contribution is 0.0686. The third-order valence-electron chi connectivity index (χ3n) is 2.71. The van der Waals surface area contributed by atoms with Crippen LogP contribution in [0, 0.1) is 0 Å². The second-order valence-corrected chi connectivity index (χ2v) is 4.65. The molecule has 20 heavy (non-hydrogen) atoms. The number of nitrogens with one attached hydrogen (secondary N) is 1. The van der Waals surface area contributed by atoms with E-state index in [0.717, 1.165) is 12.8 Å². The van der Waals surface area contributed by atoms with Gasteiger partial charge in [0, 0.05) is 20.3 Å². The summed E-state index contributed by atoms with van der Waals surface area (Å²) in [5.41, 5.74) is 6.47. The number of amides is 1. The summed E-state index contributed by atoms with van der Waals surface area (Å²) < 4.78 is 10.2. The van der Waals surface area contributed by atoms with E-state index in [-0.39, 0.29) is 5.91 Å². The molecule has 112 valence electrons. The Kier molecular flexibility index (Phi) is 8.02. The first kappa shape index (κ1) is 16.8. The van der Waals surface area contributed by atoms with E-state index in [4.69, 9.17) is 26.8 Å². The Morgan fingerprint density at radius 3 is 2.85 bits per heavy atom. The average Bonchev–Trinajstić information content (AvgIpc) is 2.44. The van der Waals surface area contributed by atoms with Crippen LogP contribution in [0.15, 0.2) is 18.2 Å². The summed E-state index contributed by atoms with van der Waals surface area (Å²) in [7, 11) is 1.64. The lowest BCUT2D eigenvalue weighted by Crippen LogP contribution is -2.25. The number of halogens is 1. The predicted molar refractivity (Wildman–Crippen MR) is 80.1 cm³/mol. The first-order valence-electron chi connectivity index (χ1n) is 6.55. The third-order valence-corrected chi connectivity index (χ3v) is 3.13. The molecule has 0 aromatic heterocycles. The molecule has 0 bridgehead atoms. The van der Waals surface area contributed by atoms with Gasteiger partial charge in [-0.3, -0.25) is 4.79 Å². The summed E-state index contributed by atoms with van der Waals surface area (Å²) in [6, 6.07) is 5.03. The molecule has 6 heteroatoms. The molecule has 5 nitrogen and oxygen atoms in total. The van der Waals surface area contributed by atoms with Crippen molar-refractivity contribution < 1.29 is 14.3 Å². The number of benzene rings is 1. The molecule has 3 N–H and O–H groups in total. The van der Waals surface area contributed by atoms with Gasteiger partial charge in [-0.1, -0.05) is 17.7 Å². The van der Waals surface area contributed by atoms with Gasteiger partial charge in [0.1, 0.15) is 0 Å². The summed E-state index contributed by atoms with van der Waals surface area (Å²) in [4.78, 5) is 11.9. The van der Waals surface area contributed by atoms with E-state index >= 15 is 0 Å². The fraction of sp³-hybridized carbons (Fsp3) is 0.500. The number of carbonyl (C=O) groups is 1. The second kappa shape index (κ2) is 9.58. The van der Waals surface area contributed by atoms with E-state index in [9.17, 15) is 4.79 Å². The maximum atomic E-state index is 11.9. The summed E-state index contributed by atoms with van der Waals surface area (Å²) in [6.45, 7) is 2.45. The Balaban J connectivity index is 2.19. The number of carbonyl (C=O) groups excluding carboxylic acids is 1. The minimum Gasteiger partial charge on any atom is -0.398 e. The quantitative estimate of drug-likeness (QED) is 0.541. The van der Waals surface area contributed by atoms with E-state index in [2.05, 4.69) is 5.32 Å². The minimum atomic E-state index is -0.206. The van der Waals surface area contributed by atoms with Crippen molar-refractivity contribution in [2.45, 2.75) is 12.8 Å². The molecule has 1 amide bonds. The smallest absolute Gasteiger partial charge is 0.252 e. The zero-order valence-electron chi connectivity index (χ0n) is 11.7. The highest BCUT2D eigenvalue weighted by Gasteiger charge is 2.11. The number of anilines is 1. The summed E-state index contributed by atoms with van der Waals surface area (Å²) in [5, 5.41) is 3.11. The SMILES string of the molecule is COCCOCCCCNC(=O)c1cccc(N)c1Cl. The van der Waals surface area contributed by atoms with Crippen molar-refractivity contribution >= 4 is 23.2 Å². The van der Waals surface area contributed by atoms with Crippen LogP contribution in [-0.4, -0.2) is 39.4 Å². The van der Waals surface area contributed by atoms with Gasteiger partial charge in [0.05, 0.1) is 29.5 Å². The molecule has 0 fully saturated rings. The lowest BCUT2D eigenvalue weighted by atomic mass is 10.2. The van der Waals surface area contributed by atoms with E-state index in [1.165, 1.54) is 0 Å². The highest BCUT2D eigenvalue weighted by Crippen LogP contribution is 2.22. The van der Waals surface area contributed by atoms with Gasteiger partial charge in [-0.05, 0) is 25.0 Å². The van der Waals surface area contributed by atoms with E-state index in [1.807, 2.05) is 0 Å². The number of nitrogens with two attached hydrogens (primary N) is 1. The molecule has 1 aromatic rings. The average molecular weight is 301 g/mol. The minimum absolute atomic E-state index is 0.206. The molecule has 0 aliphatic rings. The molecule has 0 unspecified atom stereocenters. The monoisotopic (exact) mass is 300 g/mol. The highest BCUT2D eigenvalue weighted by atomic mass is 35.5. The fourth-order valence-corrected chi connectivity index (χ4v) is 1.81. The lowest BCUT2D eigenvalue weighted by Gasteiger charge is -2.08. The van der Waals surface area contributed by atoms with Crippen LogP contribution in [0.4, 0.5) is 5.69 Å². The van der Waals surface area contributed by atoms with Crippen LogP contribution in [0.3, 0.4) is 0 Å². The summed E-state index contributed by atoms with van der Waals surface area (Å²) in [5.74, 6) is -0.206. The van der Waals surface area contributed by atoms with Crippen LogP contribution in [0.1, 0.15) is 23.2 Å². The Morgan fingerprint density at radius 1 is 1.30 bits per heavy atom. The van der Waals surface area contributed by atoms with Crippen molar-refractivity contribution in [3.8, 4) is 0 Å². The van der Waals surface area contributed by atoms with Gasteiger partial charge in [-0.25, -0.2) is 0 Å². The van der Waals surface area contributed by atoms with Crippen LogP contribution < -0.4 is 11.1 Å². The molecule has 0 aliphatic carbocycles. The van der Waals surface area contributed by atoms with Crippen molar-refractivity contribution in [3.63, 3.8) is 0 Å². The van der Waals surface area contributed by atoms with Crippen molar-refractivity contribution in [2.75, 3.05) is 39.2 Å². The maximum Gasteiger partial charge on any atom is 0.252 e. The molecule has 1 aromatic carbocycles. The molecule has 0 saturated heterocycles. The van der Waals surface area contributed by atoms with Crippen molar-refractivity contribution in [1.82, 2.24) is 5.32 Å². The first-order chi connectivity index (χ1) is 9.66. The Bertz CT molecular complexity index is 427. The topological polar surface area (TPSA) is 73.6 Å². The molecule has 0 aliphatic heterocycles. The highest BCUT2D eigenvalue weighted by molar-refractivity contribution is 6.36. The number of rotatable bonds is 9. The molecular formula is C14H21ClN2O3. The molecule has 0 spiro atoms. The molecule has 1 rings (SSSR count). The van der Waals surface area contributed by atoms with Crippen LogP contribution >= 0.6 is 11.6 Å². The standard InChI is InChI=1S/C14H21ClN2O3/c1-19-9-10-20-8-3-2-7-17-14(18)11-5-4-6-12(16)13(11)15/h4-6H,2-3,7-10,16H2,1H3,(H,17,18). The third kappa shape index (κ3) is 5.77. The van der Waals surface area contributed by atoms with Crippen molar-refractivity contribution in [1.29, 1.82) is 0 Å². The Morgan fingerprint density at radius 2 is 2.10 bits per heavy atom. The number of hydrogen-bond donors (Lipinski definition) is 2. The van der Waals surface area contributed by atoms with Crippen LogP contribution in [0.5, 0.6) is 0 Å². The van der Waals surface area contributed by atoms with E-state index < -0.39 is 0 Å². The number of methoxy groups -OCH3 is 1. The zero-order chi connectivity index (χ0) is 14.8. The fourth-order valence-electron chi connectivity index (χ4n) is 1.60. The van der Waals surface area contributed by atoms with Gasteiger partial charge in [-0.15, -0.1) is 0 Å². The first-order valence-corrected chi connectivity index (χ1v) is 6.93. The van der Waals surface area contributed by atoms with Crippen LogP contribution in [0.25, 0.3) is 0 Å². The van der Waals surface area contributed by atoms with Gasteiger partial charge >= 0.3 is 0 Å². The Labute approximate surface area is 124 Å². The van der Waals surface area contributed by atoms with E-state index in [0.29, 0.717) is 42.6 Å². The van der Waals surface area contributed by atoms with Gasteiger partial charge < -0.3 is 20.5 Å². The predicted octanol–water partition coefficient (Wildman–Crippen LogP) is 2.10. The van der Waals surface area contributed by atoms with Crippen LogP contribution in [-0.2, 0) is 9.47 Å².